The predicted molar refractivity (Wildman–Crippen MR) is 392 cm³/mol. The summed E-state index contributed by atoms with van der Waals surface area (Å²) in [5.74, 6) is 4.12. The van der Waals surface area contributed by atoms with Crippen molar-refractivity contribution in [2.45, 2.75) is 88.7 Å². The fourth-order valence-electron chi connectivity index (χ4n) is 14.9. The molecule has 0 fully saturated rings. The Morgan fingerprint density at radius 1 is 0.563 bits per heavy atom. The lowest BCUT2D eigenvalue weighted by Gasteiger charge is -2.39. The van der Waals surface area contributed by atoms with Gasteiger partial charge in [-0.3, -0.25) is 29.4 Å². The zero-order valence-corrected chi connectivity index (χ0v) is 58.4. The highest BCUT2D eigenvalue weighted by molar-refractivity contribution is 6.05. The highest BCUT2D eigenvalue weighted by Crippen LogP contribution is 2.47. The number of hydrogen-bond acceptors (Lipinski definition) is 19. The van der Waals surface area contributed by atoms with E-state index >= 15 is 0 Å². The van der Waals surface area contributed by atoms with E-state index in [0.29, 0.717) is 123 Å². The van der Waals surface area contributed by atoms with E-state index in [-0.39, 0.29) is 44.3 Å². The summed E-state index contributed by atoms with van der Waals surface area (Å²) in [6.07, 6.45) is 2.66. The van der Waals surface area contributed by atoms with E-state index in [1.54, 1.807) is 38.7 Å². The number of aromatic nitrogens is 3. The molecule has 5 N–H and O–H groups in total. The minimum atomic E-state index is -0.842. The van der Waals surface area contributed by atoms with Crippen molar-refractivity contribution in [1.82, 2.24) is 34.7 Å². The van der Waals surface area contributed by atoms with Gasteiger partial charge in [-0.25, -0.2) is 0 Å². The number of amides is 1. The molecule has 4 aliphatic heterocycles. The van der Waals surface area contributed by atoms with Gasteiger partial charge in [0, 0.05) is 119 Å². The van der Waals surface area contributed by atoms with Gasteiger partial charge in [-0.2, -0.15) is 4.98 Å². The lowest BCUT2D eigenvalue weighted by Crippen LogP contribution is -2.42. The van der Waals surface area contributed by atoms with Gasteiger partial charge in [0.15, 0.2) is 11.5 Å². The van der Waals surface area contributed by atoms with E-state index in [1.807, 2.05) is 97.9 Å². The molecular formula is C83H88N8O12. The number of fused-ring (bicyclic) bond motifs is 4. The van der Waals surface area contributed by atoms with E-state index < -0.39 is 24.4 Å². The summed E-state index contributed by atoms with van der Waals surface area (Å²) in [6.45, 7) is 8.79. The van der Waals surface area contributed by atoms with Gasteiger partial charge in [-0.1, -0.05) is 102 Å². The van der Waals surface area contributed by atoms with Crippen LogP contribution < -0.4 is 33.7 Å². The number of nitrogens with one attached hydrogen (secondary N) is 1. The molecule has 6 heterocycles. The fourth-order valence-corrected chi connectivity index (χ4v) is 14.9. The second-order valence-corrected chi connectivity index (χ2v) is 27.3. The van der Waals surface area contributed by atoms with E-state index in [1.165, 1.54) is 38.9 Å². The zero-order valence-electron chi connectivity index (χ0n) is 58.4. The summed E-state index contributed by atoms with van der Waals surface area (Å²) in [4.78, 5) is 31.8. The Labute approximate surface area is 600 Å². The number of rotatable bonds is 28. The number of aryl methyl sites for hydroxylation is 1. The Morgan fingerprint density at radius 3 is 1.83 bits per heavy atom. The van der Waals surface area contributed by atoms with Crippen molar-refractivity contribution in [3.05, 3.63) is 261 Å². The maximum Gasteiger partial charge on any atom is 0.259 e. The monoisotopic (exact) mass is 1390 g/mol. The molecule has 0 saturated heterocycles. The van der Waals surface area contributed by atoms with E-state index in [9.17, 15) is 25.2 Å². The van der Waals surface area contributed by atoms with Crippen LogP contribution in [-0.2, 0) is 45.4 Å². The second-order valence-electron chi connectivity index (χ2n) is 27.3. The Balaban J connectivity index is 0.556. The molecule has 532 valence electrons. The van der Waals surface area contributed by atoms with Crippen molar-refractivity contribution < 1.29 is 58.2 Å². The minimum Gasteiger partial charge on any atom is -0.493 e. The Kier molecular flexibility index (Phi) is 22.1. The SMILES string of the molecule is COc1cc2c(c(C3CN(CC(O)COc4ccc(OCC(O)CN5Cc6ccccc6CC5c5ccc(C)c(C(=O)Nc6ccc(OCC(O)CN7CCc8ccccc8C7)cc6)c5)cc4)Cc4ccccc43)c1OC)CCN(CC(O)COc1cccc(-c3noc(-c4cccnc4)n3)c1)C2. The molecule has 10 aromatic rings. The first-order valence-electron chi connectivity index (χ1n) is 35.4. The number of pyridine rings is 1. The van der Waals surface area contributed by atoms with Crippen molar-refractivity contribution in [2.75, 3.05) is 91.8 Å². The van der Waals surface area contributed by atoms with Gasteiger partial charge in [-0.05, 0) is 167 Å². The lowest BCUT2D eigenvalue weighted by atomic mass is 9.79. The number of methoxy groups -OCH3 is 2. The number of carbonyl (C=O) groups is 1. The van der Waals surface area contributed by atoms with E-state index in [4.69, 9.17) is 32.9 Å². The third-order valence-corrected chi connectivity index (χ3v) is 20.0. The summed E-state index contributed by atoms with van der Waals surface area (Å²) in [7, 11) is 3.35. The molecular weight excluding hydrogens is 1300 g/mol. The normalized spacial score (nSPS) is 17.3. The first-order valence-corrected chi connectivity index (χ1v) is 35.4. The summed E-state index contributed by atoms with van der Waals surface area (Å²) >= 11 is 0. The molecule has 0 saturated carbocycles. The average molecular weight is 1390 g/mol. The van der Waals surface area contributed by atoms with Crippen LogP contribution in [0.5, 0.6) is 34.5 Å². The molecule has 20 heteroatoms. The molecule has 6 atom stereocenters. The summed E-state index contributed by atoms with van der Waals surface area (Å²) in [5, 5.41) is 52.8. The molecule has 0 spiro atoms. The van der Waals surface area contributed by atoms with Gasteiger partial charge in [0.25, 0.3) is 11.8 Å². The van der Waals surface area contributed by atoms with Crippen LogP contribution in [0.3, 0.4) is 0 Å². The van der Waals surface area contributed by atoms with Crippen LogP contribution in [0.4, 0.5) is 5.69 Å². The van der Waals surface area contributed by atoms with Crippen LogP contribution in [0.15, 0.2) is 199 Å². The topological polar surface area (TPSA) is 230 Å². The Hall–Kier alpha value is -10.0. The van der Waals surface area contributed by atoms with Crippen LogP contribution in [0.2, 0.25) is 0 Å². The van der Waals surface area contributed by atoms with Crippen LogP contribution >= 0.6 is 0 Å². The quantitative estimate of drug-likeness (QED) is 0.0307. The molecule has 103 heavy (non-hydrogen) atoms. The highest BCUT2D eigenvalue weighted by Gasteiger charge is 2.36. The maximum atomic E-state index is 14.0. The standard InChI is InChI=1S/C83H88N8O12/c1-54-21-22-57(37-75(54)82(96)85-64-23-25-69(26-24-64)99-50-65(92)45-88-34-31-55-12-4-6-14-60(55)41-88)77-38-56-13-5-7-15-61(56)44-91(77)48-68(95)53-101-71-29-27-70(28-30-71)100-51-67(94)47-90-42-62-16-8-9-20-73(62)76(49-90)79-74-32-35-89(43-63(74)39-78(97-2)80(79)98-3)46-66(93)52-102-72-19-10-17-58(36-72)81-86-83(103-87-81)59-18-11-33-84-40-59/h4-30,33,36-37,39-40,65-68,76-77,92-95H,31-32,34-35,38,41-53H2,1-3H3,(H,85,96). The molecule has 20 nitrogen and oxygen atoms in total. The smallest absolute Gasteiger partial charge is 0.259 e. The molecule has 8 aromatic carbocycles. The fraction of sp³-hybridized carbons (Fsp3) is 0.325. The number of β-amino-alcohol motifs (C(OH)–C–C–N with tert-alkyl or cyclic N) is 4. The van der Waals surface area contributed by atoms with Crippen molar-refractivity contribution in [3.8, 4) is 57.3 Å². The Morgan fingerprint density at radius 2 is 1.16 bits per heavy atom. The van der Waals surface area contributed by atoms with Crippen molar-refractivity contribution in [2.24, 2.45) is 0 Å². The first-order chi connectivity index (χ1) is 50.3. The van der Waals surface area contributed by atoms with Crippen molar-refractivity contribution in [3.63, 3.8) is 0 Å². The first kappa shape index (κ1) is 70.1. The lowest BCUT2D eigenvalue weighted by molar-refractivity contribution is 0.0438. The van der Waals surface area contributed by atoms with Crippen LogP contribution in [-0.4, -0.2) is 172 Å². The van der Waals surface area contributed by atoms with Crippen molar-refractivity contribution >= 4 is 11.6 Å². The van der Waals surface area contributed by atoms with Gasteiger partial charge in [0.05, 0.1) is 19.8 Å². The largest absolute Gasteiger partial charge is 0.493 e. The van der Waals surface area contributed by atoms with Gasteiger partial charge in [0.2, 0.25) is 5.82 Å². The molecule has 2 aromatic heterocycles. The van der Waals surface area contributed by atoms with Crippen LogP contribution in [0.25, 0.3) is 22.8 Å². The molecule has 6 unspecified atom stereocenters. The number of benzene rings is 8. The summed E-state index contributed by atoms with van der Waals surface area (Å²) in [5.41, 5.74) is 15.3. The third-order valence-electron chi connectivity index (χ3n) is 20.0. The van der Waals surface area contributed by atoms with Gasteiger partial charge in [0.1, 0.15) is 73.8 Å². The van der Waals surface area contributed by atoms with E-state index in [2.05, 4.69) is 119 Å². The number of aliphatic hydroxyl groups is 4. The molecule has 0 aliphatic carbocycles. The number of ether oxygens (including phenoxy) is 6. The van der Waals surface area contributed by atoms with Crippen molar-refractivity contribution in [1.29, 1.82) is 0 Å². The Bertz CT molecular complexity index is 4520. The predicted octanol–water partition coefficient (Wildman–Crippen LogP) is 10.9. The average Bonchev–Trinajstić information content (AvgIpc) is 1.10. The number of nitrogens with zero attached hydrogens (tertiary/aromatic N) is 7. The zero-order chi connectivity index (χ0) is 70.8. The summed E-state index contributed by atoms with van der Waals surface area (Å²) < 4.78 is 42.3. The number of aliphatic hydroxyl groups excluding tert-OH is 4. The van der Waals surface area contributed by atoms with Crippen LogP contribution in [0.1, 0.15) is 83.5 Å². The molecule has 0 bridgehead atoms. The number of anilines is 1. The van der Waals surface area contributed by atoms with Crippen LogP contribution in [0, 0.1) is 6.92 Å². The highest BCUT2D eigenvalue weighted by atomic mass is 16.5. The number of carbonyl (C=O) groups excluding carboxylic acids is 1. The third kappa shape index (κ3) is 17.1. The molecule has 4 aliphatic rings. The van der Waals surface area contributed by atoms with Gasteiger partial charge in [-0.15, -0.1) is 0 Å². The molecule has 1 amide bonds. The van der Waals surface area contributed by atoms with E-state index in [0.717, 1.165) is 59.3 Å². The number of hydrogen-bond donors (Lipinski definition) is 5. The molecule has 0 radical (unpaired) electrons. The summed E-state index contributed by atoms with van der Waals surface area (Å²) in [6, 6.07) is 58.9. The second kappa shape index (κ2) is 32.5. The molecule has 14 rings (SSSR count). The van der Waals surface area contributed by atoms with Gasteiger partial charge >= 0.3 is 0 Å². The minimum absolute atomic E-state index is 0.0473. The maximum absolute atomic E-state index is 14.0. The van der Waals surface area contributed by atoms with Gasteiger partial charge < -0.3 is 58.7 Å².